The summed E-state index contributed by atoms with van der Waals surface area (Å²) in [5, 5.41) is 0. The average Bonchev–Trinajstić information content (AvgIpc) is 2.57. The molecule has 128 valence electrons. The fourth-order valence-corrected chi connectivity index (χ4v) is 2.90. The minimum absolute atomic E-state index is 0.201. The van der Waals surface area contributed by atoms with Crippen LogP contribution in [0.2, 0.25) is 0 Å². The monoisotopic (exact) mass is 325 g/mol. The number of esters is 1. The molecule has 0 N–H and O–H groups in total. The van der Waals surface area contributed by atoms with E-state index in [1.54, 1.807) is 13.8 Å². The highest BCUT2D eigenvalue weighted by Crippen LogP contribution is 2.20. The van der Waals surface area contributed by atoms with E-state index in [9.17, 15) is 19.2 Å². The maximum Gasteiger partial charge on any atom is 0.327 e. The Balaban J connectivity index is 1.91. The van der Waals surface area contributed by atoms with E-state index in [4.69, 9.17) is 4.74 Å². The van der Waals surface area contributed by atoms with Crippen LogP contribution < -0.4 is 0 Å². The molecular weight excluding hydrogens is 302 g/mol. The Labute approximate surface area is 135 Å². The molecule has 8 heteroatoms. The minimum Gasteiger partial charge on any atom is -0.466 e. The summed E-state index contributed by atoms with van der Waals surface area (Å²) in [6.07, 6.45) is 1.03. The number of piperidine rings is 1. The topological polar surface area (TPSA) is 87.2 Å². The van der Waals surface area contributed by atoms with Crippen LogP contribution in [0, 0.1) is 5.92 Å². The molecule has 2 aliphatic heterocycles. The fraction of sp³-hybridized carbons (Fsp3) is 0.733. The van der Waals surface area contributed by atoms with Crippen LogP contribution in [0.3, 0.4) is 0 Å². The third kappa shape index (κ3) is 3.62. The molecule has 0 bridgehead atoms. The zero-order valence-corrected chi connectivity index (χ0v) is 13.6. The van der Waals surface area contributed by atoms with E-state index in [0.29, 0.717) is 45.6 Å². The smallest absolute Gasteiger partial charge is 0.327 e. The first kappa shape index (κ1) is 17.2. The molecule has 2 rings (SSSR count). The molecule has 0 atom stereocenters. The number of imide groups is 1. The molecule has 0 saturated carbocycles. The van der Waals surface area contributed by atoms with Crippen molar-refractivity contribution in [3.63, 3.8) is 0 Å². The van der Waals surface area contributed by atoms with Gasteiger partial charge in [-0.15, -0.1) is 0 Å². The Kier molecular flexibility index (Phi) is 5.57. The lowest BCUT2D eigenvalue weighted by Crippen LogP contribution is -2.59. The predicted molar refractivity (Wildman–Crippen MR) is 80.3 cm³/mol. The summed E-state index contributed by atoms with van der Waals surface area (Å²) in [6, 6.07) is -0.443. The van der Waals surface area contributed by atoms with E-state index in [1.165, 1.54) is 9.80 Å². The largest absolute Gasteiger partial charge is 0.466 e. The molecule has 0 radical (unpaired) electrons. The van der Waals surface area contributed by atoms with Crippen molar-refractivity contribution < 1.29 is 23.9 Å². The van der Waals surface area contributed by atoms with E-state index in [1.807, 2.05) is 0 Å². The molecule has 2 aliphatic rings. The number of likely N-dealkylation sites (tertiary alicyclic amines) is 1. The molecular formula is C15H23N3O5. The fourth-order valence-electron chi connectivity index (χ4n) is 2.90. The van der Waals surface area contributed by atoms with Gasteiger partial charge >= 0.3 is 23.8 Å². The second-order valence-electron chi connectivity index (χ2n) is 5.64. The quantitative estimate of drug-likeness (QED) is 0.541. The second-order valence-corrected chi connectivity index (χ2v) is 5.64. The maximum atomic E-state index is 12.5. The summed E-state index contributed by atoms with van der Waals surface area (Å²) in [7, 11) is 0. The number of ether oxygens (including phenoxy) is 1. The number of piperazine rings is 1. The van der Waals surface area contributed by atoms with Crippen molar-refractivity contribution in [1.82, 2.24) is 14.7 Å². The van der Waals surface area contributed by atoms with E-state index in [0.717, 1.165) is 4.90 Å². The molecule has 0 spiro atoms. The van der Waals surface area contributed by atoms with Gasteiger partial charge in [-0.1, -0.05) is 0 Å². The lowest BCUT2D eigenvalue weighted by molar-refractivity contribution is -0.154. The maximum absolute atomic E-state index is 12.5. The van der Waals surface area contributed by atoms with Crippen molar-refractivity contribution in [2.24, 2.45) is 5.92 Å². The van der Waals surface area contributed by atoms with Gasteiger partial charge in [-0.2, -0.15) is 0 Å². The first-order valence-corrected chi connectivity index (χ1v) is 8.05. The Morgan fingerprint density at radius 2 is 1.70 bits per heavy atom. The van der Waals surface area contributed by atoms with Gasteiger partial charge in [0, 0.05) is 32.7 Å². The van der Waals surface area contributed by atoms with Crippen LogP contribution >= 0.6 is 0 Å². The highest BCUT2D eigenvalue weighted by molar-refractivity contribution is 6.38. The van der Waals surface area contributed by atoms with Gasteiger partial charge < -0.3 is 14.5 Å². The SMILES string of the molecule is CCOC(=O)C1CCN(C(=O)N2CCN(CC)C(=O)C2=O)CC1. The van der Waals surface area contributed by atoms with E-state index in [-0.39, 0.29) is 18.4 Å². The van der Waals surface area contributed by atoms with Crippen molar-refractivity contribution in [1.29, 1.82) is 0 Å². The molecule has 23 heavy (non-hydrogen) atoms. The van der Waals surface area contributed by atoms with Crippen LogP contribution in [-0.4, -0.2) is 77.8 Å². The number of urea groups is 1. The lowest BCUT2D eigenvalue weighted by atomic mass is 9.97. The summed E-state index contributed by atoms with van der Waals surface area (Å²) >= 11 is 0. The Bertz CT molecular complexity index is 499. The molecule has 4 amide bonds. The predicted octanol–water partition coefficient (Wildman–Crippen LogP) is 0.0722. The molecule has 2 fully saturated rings. The highest BCUT2D eigenvalue weighted by atomic mass is 16.5. The lowest BCUT2D eigenvalue weighted by Gasteiger charge is -2.37. The number of rotatable bonds is 3. The zero-order chi connectivity index (χ0) is 17.0. The third-order valence-corrected chi connectivity index (χ3v) is 4.31. The van der Waals surface area contributed by atoms with Gasteiger partial charge in [-0.05, 0) is 26.7 Å². The first-order valence-electron chi connectivity index (χ1n) is 8.05. The molecule has 0 aromatic carbocycles. The number of carbonyl (C=O) groups is 4. The van der Waals surface area contributed by atoms with Gasteiger partial charge in [0.1, 0.15) is 0 Å². The second kappa shape index (κ2) is 7.43. The van der Waals surface area contributed by atoms with Crippen LogP contribution in [0.15, 0.2) is 0 Å². The molecule has 8 nitrogen and oxygen atoms in total. The van der Waals surface area contributed by atoms with Crippen molar-refractivity contribution in [2.45, 2.75) is 26.7 Å². The van der Waals surface area contributed by atoms with Gasteiger partial charge in [0.05, 0.1) is 12.5 Å². The van der Waals surface area contributed by atoms with Crippen molar-refractivity contribution in [3.8, 4) is 0 Å². The number of amides is 4. The van der Waals surface area contributed by atoms with Crippen molar-refractivity contribution >= 4 is 23.8 Å². The standard InChI is InChI=1S/C15H23N3O5/c1-3-16-9-10-18(13(20)12(16)19)15(22)17-7-5-11(6-8-17)14(21)23-4-2/h11H,3-10H2,1-2H3. The van der Waals surface area contributed by atoms with Crippen LogP contribution in [0.1, 0.15) is 26.7 Å². The normalized spacial score (nSPS) is 20.0. The van der Waals surface area contributed by atoms with E-state index in [2.05, 4.69) is 0 Å². The van der Waals surface area contributed by atoms with Crippen LogP contribution in [0.5, 0.6) is 0 Å². The molecule has 0 unspecified atom stereocenters. The molecule has 0 aliphatic carbocycles. The Hall–Kier alpha value is -2.12. The molecule has 2 saturated heterocycles. The Morgan fingerprint density at radius 3 is 2.26 bits per heavy atom. The van der Waals surface area contributed by atoms with Gasteiger partial charge in [0.15, 0.2) is 0 Å². The summed E-state index contributed by atoms with van der Waals surface area (Å²) in [5.41, 5.74) is 0. The number of carbonyl (C=O) groups excluding carboxylic acids is 4. The van der Waals surface area contributed by atoms with Crippen LogP contribution in [-0.2, 0) is 19.1 Å². The summed E-state index contributed by atoms with van der Waals surface area (Å²) in [4.78, 5) is 52.0. The first-order chi connectivity index (χ1) is 11.0. The summed E-state index contributed by atoms with van der Waals surface area (Å²) in [6.45, 7) is 5.71. The van der Waals surface area contributed by atoms with Crippen molar-refractivity contribution in [3.05, 3.63) is 0 Å². The molecule has 2 heterocycles. The summed E-state index contributed by atoms with van der Waals surface area (Å²) < 4.78 is 4.99. The molecule has 0 aromatic rings. The minimum atomic E-state index is -0.768. The number of hydrogen-bond donors (Lipinski definition) is 0. The van der Waals surface area contributed by atoms with Gasteiger partial charge in [-0.25, -0.2) is 4.79 Å². The highest BCUT2D eigenvalue weighted by Gasteiger charge is 2.38. The van der Waals surface area contributed by atoms with Gasteiger partial charge in [0.2, 0.25) is 0 Å². The number of hydrogen-bond acceptors (Lipinski definition) is 5. The van der Waals surface area contributed by atoms with Crippen molar-refractivity contribution in [2.75, 3.05) is 39.3 Å². The van der Waals surface area contributed by atoms with E-state index >= 15 is 0 Å². The van der Waals surface area contributed by atoms with E-state index < -0.39 is 17.8 Å². The van der Waals surface area contributed by atoms with Gasteiger partial charge in [-0.3, -0.25) is 19.3 Å². The number of likely N-dealkylation sites (N-methyl/N-ethyl adjacent to an activating group) is 1. The van der Waals surface area contributed by atoms with Crippen LogP contribution in [0.25, 0.3) is 0 Å². The third-order valence-electron chi connectivity index (χ3n) is 4.31. The zero-order valence-electron chi connectivity index (χ0n) is 13.6. The number of nitrogens with zero attached hydrogens (tertiary/aromatic N) is 3. The van der Waals surface area contributed by atoms with Gasteiger partial charge in [0.25, 0.3) is 0 Å². The summed E-state index contributed by atoms with van der Waals surface area (Å²) in [5.74, 6) is -1.83. The van der Waals surface area contributed by atoms with Crippen LogP contribution in [0.4, 0.5) is 4.79 Å². The average molecular weight is 325 g/mol. The Morgan fingerprint density at radius 1 is 1.04 bits per heavy atom. The molecule has 0 aromatic heterocycles.